The summed E-state index contributed by atoms with van der Waals surface area (Å²) >= 11 is 7.09. The van der Waals surface area contributed by atoms with Gasteiger partial charge in [0.1, 0.15) is 9.88 Å². The van der Waals surface area contributed by atoms with Gasteiger partial charge in [-0.05, 0) is 45.4 Å². The van der Waals surface area contributed by atoms with E-state index in [0.717, 1.165) is 16.9 Å². The van der Waals surface area contributed by atoms with E-state index < -0.39 is 11.4 Å². The minimum atomic E-state index is -1.01. The Morgan fingerprint density at radius 3 is 2.58 bits per heavy atom. The van der Waals surface area contributed by atoms with Gasteiger partial charge in [-0.2, -0.15) is 0 Å². The van der Waals surface area contributed by atoms with Gasteiger partial charge in [-0.3, -0.25) is 4.79 Å². The lowest BCUT2D eigenvalue weighted by atomic mass is 9.83. The maximum atomic E-state index is 12.7. The third-order valence-electron chi connectivity index (χ3n) is 3.84. The van der Waals surface area contributed by atoms with Gasteiger partial charge >= 0.3 is 5.97 Å². The molecule has 0 aliphatic rings. The van der Waals surface area contributed by atoms with Crippen LogP contribution in [-0.4, -0.2) is 22.0 Å². The van der Waals surface area contributed by atoms with Crippen molar-refractivity contribution in [2.75, 3.05) is 0 Å². The van der Waals surface area contributed by atoms with Crippen molar-refractivity contribution >= 4 is 34.8 Å². The number of amides is 1. The van der Waals surface area contributed by atoms with Crippen molar-refractivity contribution in [2.24, 2.45) is 0 Å². The second-order valence-electron chi connectivity index (χ2n) is 6.10. The van der Waals surface area contributed by atoms with E-state index in [1.807, 2.05) is 19.9 Å². The highest BCUT2D eigenvalue weighted by Crippen LogP contribution is 2.28. The monoisotopic (exact) mass is 366 g/mol. The molecule has 1 atom stereocenters. The molecule has 5 nitrogen and oxygen atoms in total. The number of nitrogens with one attached hydrogen (secondary N) is 1. The molecule has 0 radical (unpaired) electrons. The highest BCUT2D eigenvalue weighted by atomic mass is 35.5. The summed E-state index contributed by atoms with van der Waals surface area (Å²) in [4.78, 5) is 28.3. The van der Waals surface area contributed by atoms with Gasteiger partial charge in [0.25, 0.3) is 0 Å². The van der Waals surface area contributed by atoms with E-state index in [2.05, 4.69) is 10.3 Å². The number of hydrogen-bond acceptors (Lipinski definition) is 4. The highest BCUT2D eigenvalue weighted by molar-refractivity contribution is 7.13. The molecule has 2 rings (SSSR count). The number of aryl methyl sites for hydroxylation is 1. The first-order valence-corrected chi connectivity index (χ1v) is 8.60. The van der Waals surface area contributed by atoms with Crippen LogP contribution in [0.15, 0.2) is 24.3 Å². The third kappa shape index (κ3) is 3.76. The molecule has 0 aliphatic heterocycles. The van der Waals surface area contributed by atoms with Crippen molar-refractivity contribution in [1.82, 2.24) is 10.3 Å². The summed E-state index contributed by atoms with van der Waals surface area (Å²) in [7, 11) is 0. The van der Waals surface area contributed by atoms with Gasteiger partial charge in [0.15, 0.2) is 0 Å². The van der Waals surface area contributed by atoms with E-state index in [1.165, 1.54) is 0 Å². The molecule has 1 aromatic heterocycles. The molecule has 2 N–H and O–H groups in total. The lowest BCUT2D eigenvalue weighted by molar-refractivity contribution is -0.126. The SMILES string of the molecule is Cc1nc(C(C)NC(=O)C(C)(C)c2cccc(Cl)c2)sc1C(=O)O. The summed E-state index contributed by atoms with van der Waals surface area (Å²) in [5.74, 6) is -1.18. The number of halogens is 1. The minimum absolute atomic E-state index is 0.179. The zero-order valence-electron chi connectivity index (χ0n) is 13.9. The lowest BCUT2D eigenvalue weighted by Gasteiger charge is -2.26. The quantitative estimate of drug-likeness (QED) is 0.839. The van der Waals surface area contributed by atoms with Gasteiger partial charge in [-0.1, -0.05) is 23.7 Å². The molecule has 1 heterocycles. The van der Waals surface area contributed by atoms with Crippen molar-refractivity contribution in [2.45, 2.75) is 39.2 Å². The predicted molar refractivity (Wildman–Crippen MR) is 94.8 cm³/mol. The molecule has 1 unspecified atom stereocenters. The molecule has 0 saturated heterocycles. The molecular weight excluding hydrogens is 348 g/mol. The van der Waals surface area contributed by atoms with E-state index in [4.69, 9.17) is 16.7 Å². The molecule has 128 valence electrons. The van der Waals surface area contributed by atoms with E-state index in [-0.39, 0.29) is 16.8 Å². The number of nitrogens with zero attached hydrogens (tertiary/aromatic N) is 1. The maximum absolute atomic E-state index is 12.7. The predicted octanol–water partition coefficient (Wildman–Crippen LogP) is 3.96. The molecule has 0 bridgehead atoms. The van der Waals surface area contributed by atoms with Crippen LogP contribution in [0.25, 0.3) is 0 Å². The van der Waals surface area contributed by atoms with Gasteiger partial charge in [0.05, 0.1) is 17.2 Å². The summed E-state index contributed by atoms with van der Waals surface area (Å²) < 4.78 is 0. The third-order valence-corrected chi connectivity index (χ3v) is 5.40. The molecular formula is C17H19ClN2O3S. The van der Waals surface area contributed by atoms with Crippen LogP contribution in [0.2, 0.25) is 5.02 Å². The van der Waals surface area contributed by atoms with Crippen LogP contribution in [-0.2, 0) is 10.2 Å². The number of rotatable bonds is 5. The fourth-order valence-electron chi connectivity index (χ4n) is 2.25. The normalized spacial score (nSPS) is 12.7. The molecule has 2 aromatic rings. The number of hydrogen-bond donors (Lipinski definition) is 2. The second kappa shape index (κ2) is 6.91. The Morgan fingerprint density at radius 1 is 1.38 bits per heavy atom. The Kier molecular flexibility index (Phi) is 5.30. The topological polar surface area (TPSA) is 79.3 Å². The van der Waals surface area contributed by atoms with Crippen LogP contribution >= 0.6 is 22.9 Å². The Bertz CT molecular complexity index is 786. The molecule has 1 amide bonds. The van der Waals surface area contributed by atoms with E-state index in [0.29, 0.717) is 15.7 Å². The van der Waals surface area contributed by atoms with Crippen LogP contribution < -0.4 is 5.32 Å². The highest BCUT2D eigenvalue weighted by Gasteiger charge is 2.31. The molecule has 7 heteroatoms. The number of thiazole rings is 1. The average Bonchev–Trinajstić information content (AvgIpc) is 2.89. The zero-order valence-corrected chi connectivity index (χ0v) is 15.5. The van der Waals surface area contributed by atoms with Gasteiger partial charge in [0, 0.05) is 5.02 Å². The van der Waals surface area contributed by atoms with Crippen molar-refractivity contribution in [1.29, 1.82) is 0 Å². The van der Waals surface area contributed by atoms with Gasteiger partial charge < -0.3 is 10.4 Å². The smallest absolute Gasteiger partial charge is 0.347 e. The average molecular weight is 367 g/mol. The van der Waals surface area contributed by atoms with Crippen LogP contribution in [0.1, 0.15) is 52.7 Å². The fourth-order valence-corrected chi connectivity index (χ4v) is 3.35. The van der Waals surface area contributed by atoms with Gasteiger partial charge in [-0.15, -0.1) is 11.3 Å². The van der Waals surface area contributed by atoms with Crippen molar-refractivity contribution < 1.29 is 14.7 Å². The first-order chi connectivity index (χ1) is 11.1. The van der Waals surface area contributed by atoms with Gasteiger partial charge in [0.2, 0.25) is 5.91 Å². The molecule has 0 aliphatic carbocycles. The summed E-state index contributed by atoms with van der Waals surface area (Å²) in [5.41, 5.74) is 0.486. The first kappa shape index (κ1) is 18.4. The number of carboxylic acids is 1. The number of carbonyl (C=O) groups excluding carboxylic acids is 1. The van der Waals surface area contributed by atoms with Crippen LogP contribution in [0.5, 0.6) is 0 Å². The Labute approximate surface area is 149 Å². The van der Waals surface area contributed by atoms with Crippen LogP contribution in [0.3, 0.4) is 0 Å². The number of carboxylic acid groups (broad SMARTS) is 1. The molecule has 0 spiro atoms. The largest absolute Gasteiger partial charge is 0.477 e. The lowest BCUT2D eigenvalue weighted by Crippen LogP contribution is -2.41. The Hall–Kier alpha value is -1.92. The Balaban J connectivity index is 2.19. The zero-order chi connectivity index (χ0) is 18.1. The summed E-state index contributed by atoms with van der Waals surface area (Å²) in [6.07, 6.45) is 0. The van der Waals surface area contributed by atoms with Crippen molar-refractivity contribution in [3.8, 4) is 0 Å². The first-order valence-electron chi connectivity index (χ1n) is 7.40. The molecule has 0 fully saturated rings. The number of benzene rings is 1. The maximum Gasteiger partial charge on any atom is 0.347 e. The van der Waals surface area contributed by atoms with Crippen molar-refractivity contribution in [3.63, 3.8) is 0 Å². The van der Waals surface area contributed by atoms with Crippen molar-refractivity contribution in [3.05, 3.63) is 50.4 Å². The molecule has 1 aromatic carbocycles. The minimum Gasteiger partial charge on any atom is -0.477 e. The van der Waals surface area contributed by atoms with E-state index in [9.17, 15) is 9.59 Å². The molecule has 24 heavy (non-hydrogen) atoms. The standard InChI is InChI=1S/C17H19ClN2O3S/c1-9-13(15(21)22)24-14(19-9)10(2)20-16(23)17(3,4)11-6-5-7-12(18)8-11/h5-8,10H,1-4H3,(H,20,23)(H,21,22). The number of aromatic nitrogens is 1. The summed E-state index contributed by atoms with van der Waals surface area (Å²) in [6.45, 7) is 7.07. The second-order valence-corrected chi connectivity index (χ2v) is 7.57. The fraction of sp³-hybridized carbons (Fsp3) is 0.353. The van der Waals surface area contributed by atoms with E-state index in [1.54, 1.807) is 32.0 Å². The summed E-state index contributed by atoms with van der Waals surface area (Å²) in [5, 5.41) is 13.2. The Morgan fingerprint density at radius 2 is 2.04 bits per heavy atom. The number of aromatic carboxylic acids is 1. The molecule has 0 saturated carbocycles. The van der Waals surface area contributed by atoms with Gasteiger partial charge in [-0.25, -0.2) is 9.78 Å². The van der Waals surface area contributed by atoms with Crippen LogP contribution in [0, 0.1) is 6.92 Å². The number of carbonyl (C=O) groups is 2. The van der Waals surface area contributed by atoms with Crippen LogP contribution in [0.4, 0.5) is 0 Å². The van der Waals surface area contributed by atoms with E-state index >= 15 is 0 Å². The summed E-state index contributed by atoms with van der Waals surface area (Å²) in [6, 6.07) is 6.80.